The maximum absolute atomic E-state index is 10.8. The molecule has 110 valence electrons. The summed E-state index contributed by atoms with van der Waals surface area (Å²) in [5, 5.41) is 10.8. The second-order valence-electron chi connectivity index (χ2n) is 4.81. The minimum Gasteiger partial charge on any atom is -0.496 e. The largest absolute Gasteiger partial charge is 0.496 e. The van der Waals surface area contributed by atoms with Crippen LogP contribution in [0.15, 0.2) is 36.4 Å². The van der Waals surface area contributed by atoms with Crippen LogP contribution < -0.4 is 9.47 Å². The second kappa shape index (κ2) is 6.26. The fourth-order valence-electron chi connectivity index (χ4n) is 2.01. The standard InChI is InChI=1S/C16H17NO4/c1-11-4-5-12(2)16(8-11)21-10-13-9-14(17(18)19)6-7-15(13)20-3/h4-9H,10H2,1-3H3. The number of nitro groups is 1. The second-order valence-corrected chi connectivity index (χ2v) is 4.81. The van der Waals surface area contributed by atoms with Crippen molar-refractivity contribution >= 4 is 5.69 Å². The molecule has 0 saturated carbocycles. The molecule has 0 aromatic heterocycles. The minimum absolute atomic E-state index is 0.0235. The zero-order chi connectivity index (χ0) is 15.4. The number of nitrogens with zero attached hydrogens (tertiary/aromatic N) is 1. The van der Waals surface area contributed by atoms with Gasteiger partial charge in [0.1, 0.15) is 18.1 Å². The molecule has 5 nitrogen and oxygen atoms in total. The first-order valence-electron chi connectivity index (χ1n) is 6.52. The molecule has 0 aliphatic carbocycles. The lowest BCUT2D eigenvalue weighted by Gasteiger charge is -2.12. The summed E-state index contributed by atoms with van der Waals surface area (Å²) in [4.78, 5) is 10.4. The van der Waals surface area contributed by atoms with Gasteiger partial charge in [-0.05, 0) is 37.1 Å². The number of aryl methyl sites for hydroxylation is 2. The van der Waals surface area contributed by atoms with E-state index < -0.39 is 4.92 Å². The zero-order valence-corrected chi connectivity index (χ0v) is 12.3. The maximum atomic E-state index is 10.8. The Morgan fingerprint density at radius 2 is 1.86 bits per heavy atom. The van der Waals surface area contributed by atoms with E-state index in [1.807, 2.05) is 32.0 Å². The van der Waals surface area contributed by atoms with Crippen LogP contribution in [0.25, 0.3) is 0 Å². The number of hydrogen-bond acceptors (Lipinski definition) is 4. The van der Waals surface area contributed by atoms with E-state index in [1.165, 1.54) is 19.2 Å². The van der Waals surface area contributed by atoms with E-state index in [4.69, 9.17) is 9.47 Å². The van der Waals surface area contributed by atoms with Crippen molar-refractivity contribution in [2.75, 3.05) is 7.11 Å². The van der Waals surface area contributed by atoms with Gasteiger partial charge in [-0.3, -0.25) is 10.1 Å². The molecule has 0 aliphatic rings. The average molecular weight is 287 g/mol. The average Bonchev–Trinajstić information content (AvgIpc) is 2.47. The van der Waals surface area contributed by atoms with Crippen LogP contribution in [0.4, 0.5) is 5.69 Å². The third-order valence-electron chi connectivity index (χ3n) is 3.20. The van der Waals surface area contributed by atoms with Crippen molar-refractivity contribution in [3.8, 4) is 11.5 Å². The Hall–Kier alpha value is -2.56. The van der Waals surface area contributed by atoms with Gasteiger partial charge in [0.25, 0.3) is 5.69 Å². The van der Waals surface area contributed by atoms with E-state index in [0.717, 1.165) is 16.9 Å². The lowest BCUT2D eigenvalue weighted by molar-refractivity contribution is -0.385. The topological polar surface area (TPSA) is 61.6 Å². The first-order valence-corrected chi connectivity index (χ1v) is 6.52. The van der Waals surface area contributed by atoms with Crippen molar-refractivity contribution in [1.82, 2.24) is 0 Å². The number of rotatable bonds is 5. The summed E-state index contributed by atoms with van der Waals surface area (Å²) in [7, 11) is 1.53. The van der Waals surface area contributed by atoms with Gasteiger partial charge in [-0.1, -0.05) is 12.1 Å². The molecule has 0 bridgehead atoms. The van der Waals surface area contributed by atoms with Gasteiger partial charge in [0.05, 0.1) is 12.0 Å². The third-order valence-corrected chi connectivity index (χ3v) is 3.20. The van der Waals surface area contributed by atoms with E-state index in [-0.39, 0.29) is 12.3 Å². The molecule has 0 heterocycles. The molecule has 5 heteroatoms. The molecule has 21 heavy (non-hydrogen) atoms. The number of methoxy groups -OCH3 is 1. The summed E-state index contributed by atoms with van der Waals surface area (Å²) in [5.74, 6) is 1.34. The summed E-state index contributed by atoms with van der Waals surface area (Å²) in [6.45, 7) is 4.16. The molecule has 0 unspecified atom stereocenters. The molecule has 2 rings (SSSR count). The summed E-state index contributed by atoms with van der Waals surface area (Å²) in [5.41, 5.74) is 2.79. The zero-order valence-electron chi connectivity index (χ0n) is 12.3. The van der Waals surface area contributed by atoms with Gasteiger partial charge in [0.15, 0.2) is 0 Å². The summed E-state index contributed by atoms with van der Waals surface area (Å²) in [6.07, 6.45) is 0. The highest BCUT2D eigenvalue weighted by Crippen LogP contribution is 2.26. The molecular formula is C16H17NO4. The molecule has 0 aliphatic heterocycles. The van der Waals surface area contributed by atoms with Gasteiger partial charge in [-0.2, -0.15) is 0 Å². The molecule has 0 atom stereocenters. The first kappa shape index (κ1) is 14.8. The normalized spacial score (nSPS) is 10.2. The Balaban J connectivity index is 2.24. The molecule has 2 aromatic carbocycles. The van der Waals surface area contributed by atoms with E-state index >= 15 is 0 Å². The van der Waals surface area contributed by atoms with E-state index in [2.05, 4.69) is 0 Å². The third kappa shape index (κ3) is 3.51. The van der Waals surface area contributed by atoms with E-state index in [9.17, 15) is 10.1 Å². The van der Waals surface area contributed by atoms with Crippen LogP contribution in [0.2, 0.25) is 0 Å². The van der Waals surface area contributed by atoms with Crippen LogP contribution in [-0.2, 0) is 6.61 Å². The molecule has 0 amide bonds. The van der Waals surface area contributed by atoms with Gasteiger partial charge in [0.2, 0.25) is 0 Å². The molecule has 0 radical (unpaired) electrons. The van der Waals surface area contributed by atoms with Gasteiger partial charge in [-0.25, -0.2) is 0 Å². The van der Waals surface area contributed by atoms with Crippen LogP contribution >= 0.6 is 0 Å². The lowest BCUT2D eigenvalue weighted by atomic mass is 10.1. The highest BCUT2D eigenvalue weighted by molar-refractivity contribution is 5.44. The predicted octanol–water partition coefficient (Wildman–Crippen LogP) is 3.80. The summed E-state index contributed by atoms with van der Waals surface area (Å²) < 4.78 is 11.0. The van der Waals surface area contributed by atoms with Crippen LogP contribution in [0.1, 0.15) is 16.7 Å². The fourth-order valence-corrected chi connectivity index (χ4v) is 2.01. The highest BCUT2D eigenvalue weighted by atomic mass is 16.6. The Morgan fingerprint density at radius 3 is 2.52 bits per heavy atom. The van der Waals surface area contributed by atoms with Gasteiger partial charge in [0, 0.05) is 17.7 Å². The molecular weight excluding hydrogens is 270 g/mol. The van der Waals surface area contributed by atoms with Gasteiger partial charge in [-0.15, -0.1) is 0 Å². The van der Waals surface area contributed by atoms with Crippen molar-refractivity contribution in [2.45, 2.75) is 20.5 Å². The van der Waals surface area contributed by atoms with Crippen molar-refractivity contribution in [1.29, 1.82) is 0 Å². The summed E-state index contributed by atoms with van der Waals surface area (Å²) in [6, 6.07) is 10.4. The number of ether oxygens (including phenoxy) is 2. The van der Waals surface area contributed by atoms with Crippen molar-refractivity contribution in [3.63, 3.8) is 0 Å². The summed E-state index contributed by atoms with van der Waals surface area (Å²) >= 11 is 0. The molecule has 0 spiro atoms. The van der Waals surface area contributed by atoms with Gasteiger partial charge >= 0.3 is 0 Å². The van der Waals surface area contributed by atoms with Crippen LogP contribution in [0.3, 0.4) is 0 Å². The van der Waals surface area contributed by atoms with E-state index in [0.29, 0.717) is 11.3 Å². The number of nitro benzene ring substituents is 1. The number of benzene rings is 2. The predicted molar refractivity (Wildman–Crippen MR) is 79.9 cm³/mol. The lowest BCUT2D eigenvalue weighted by Crippen LogP contribution is -2.01. The maximum Gasteiger partial charge on any atom is 0.270 e. The monoisotopic (exact) mass is 287 g/mol. The fraction of sp³-hybridized carbons (Fsp3) is 0.250. The van der Waals surface area contributed by atoms with E-state index in [1.54, 1.807) is 6.07 Å². The Labute approximate surface area is 123 Å². The van der Waals surface area contributed by atoms with Crippen molar-refractivity contribution in [2.24, 2.45) is 0 Å². The molecule has 2 aromatic rings. The Morgan fingerprint density at radius 1 is 1.10 bits per heavy atom. The van der Waals surface area contributed by atoms with Crippen molar-refractivity contribution < 1.29 is 14.4 Å². The molecule has 0 saturated heterocycles. The van der Waals surface area contributed by atoms with Crippen LogP contribution in [0.5, 0.6) is 11.5 Å². The van der Waals surface area contributed by atoms with Gasteiger partial charge < -0.3 is 9.47 Å². The Kier molecular flexibility index (Phi) is 4.42. The first-order chi connectivity index (χ1) is 10.0. The number of non-ortho nitro benzene ring substituents is 1. The van der Waals surface area contributed by atoms with Crippen molar-refractivity contribution in [3.05, 3.63) is 63.2 Å². The molecule has 0 N–H and O–H groups in total. The SMILES string of the molecule is COc1ccc([N+](=O)[O-])cc1COc1cc(C)ccc1C. The quantitative estimate of drug-likeness (QED) is 0.620. The van der Waals surface area contributed by atoms with Crippen LogP contribution in [0, 0.1) is 24.0 Å². The Bertz CT molecular complexity index is 667. The smallest absolute Gasteiger partial charge is 0.270 e. The highest BCUT2D eigenvalue weighted by Gasteiger charge is 2.12. The minimum atomic E-state index is -0.430. The number of hydrogen-bond donors (Lipinski definition) is 0. The van der Waals surface area contributed by atoms with Crippen LogP contribution in [-0.4, -0.2) is 12.0 Å². The molecule has 0 fully saturated rings.